The van der Waals surface area contributed by atoms with Gasteiger partial charge in [-0.3, -0.25) is 4.68 Å². The van der Waals surface area contributed by atoms with Gasteiger partial charge in [-0.25, -0.2) is 0 Å². The largest absolute Gasteiger partial charge is 0.496 e. The van der Waals surface area contributed by atoms with E-state index in [-0.39, 0.29) is 12.1 Å². The quantitative estimate of drug-likeness (QED) is 0.823. The maximum atomic E-state index is 6.30. The molecule has 0 aliphatic heterocycles. The molecule has 4 nitrogen and oxygen atoms in total. The number of ether oxygens (including phenoxy) is 1. The van der Waals surface area contributed by atoms with Gasteiger partial charge in [0.25, 0.3) is 0 Å². The number of para-hydroxylation sites is 1. The summed E-state index contributed by atoms with van der Waals surface area (Å²) in [7, 11) is 1.68. The Labute approximate surface area is 127 Å². The Morgan fingerprint density at radius 2 is 2.16 bits per heavy atom. The summed E-state index contributed by atoms with van der Waals surface area (Å²) in [6.45, 7) is 2.08. The number of benzene rings is 1. The third-order valence-electron chi connectivity index (χ3n) is 3.19. The van der Waals surface area contributed by atoms with Crippen molar-refractivity contribution in [3.8, 4) is 5.75 Å². The maximum absolute atomic E-state index is 6.30. The first kappa shape index (κ1) is 14.3. The third-order valence-corrected chi connectivity index (χ3v) is 3.75. The Kier molecular flexibility index (Phi) is 4.81. The molecule has 0 amide bonds. The highest BCUT2D eigenvalue weighted by molar-refractivity contribution is 14.1. The minimum Gasteiger partial charge on any atom is -0.496 e. The second-order valence-corrected chi connectivity index (χ2v) is 5.64. The van der Waals surface area contributed by atoms with Crippen molar-refractivity contribution in [2.75, 3.05) is 7.11 Å². The molecule has 0 radical (unpaired) electrons. The van der Waals surface area contributed by atoms with Crippen molar-refractivity contribution in [2.45, 2.75) is 25.4 Å². The van der Waals surface area contributed by atoms with E-state index in [2.05, 4.69) is 34.6 Å². The van der Waals surface area contributed by atoms with Gasteiger partial charge < -0.3 is 10.5 Å². The van der Waals surface area contributed by atoms with Crippen LogP contribution in [0.2, 0.25) is 0 Å². The zero-order chi connectivity index (χ0) is 13.8. The van der Waals surface area contributed by atoms with Crippen molar-refractivity contribution in [3.05, 3.63) is 45.8 Å². The molecular weight excluding hydrogens is 353 g/mol. The summed E-state index contributed by atoms with van der Waals surface area (Å²) < 4.78 is 8.47. The number of hydrogen-bond donors (Lipinski definition) is 1. The summed E-state index contributed by atoms with van der Waals surface area (Å²) in [4.78, 5) is 0. The van der Waals surface area contributed by atoms with E-state index in [9.17, 15) is 0 Å². The molecule has 0 fully saturated rings. The number of halogens is 1. The highest BCUT2D eigenvalue weighted by atomic mass is 127. The SMILES string of the molecule is CCC(N)C(c1ccccc1OC)n1cc(I)cn1. The lowest BCUT2D eigenvalue weighted by atomic mass is 9.97. The number of nitrogens with zero attached hydrogens (tertiary/aromatic N) is 2. The van der Waals surface area contributed by atoms with Crippen LogP contribution < -0.4 is 10.5 Å². The number of rotatable bonds is 5. The van der Waals surface area contributed by atoms with Crippen LogP contribution in [0.1, 0.15) is 24.9 Å². The van der Waals surface area contributed by atoms with E-state index in [0.29, 0.717) is 0 Å². The lowest BCUT2D eigenvalue weighted by molar-refractivity contribution is 0.376. The topological polar surface area (TPSA) is 53.1 Å². The van der Waals surface area contributed by atoms with Crippen LogP contribution in [0, 0.1) is 3.57 Å². The molecule has 0 bridgehead atoms. The average Bonchev–Trinajstić information content (AvgIpc) is 2.85. The molecule has 19 heavy (non-hydrogen) atoms. The molecule has 2 rings (SSSR count). The molecule has 102 valence electrons. The molecule has 2 aromatic rings. The summed E-state index contributed by atoms with van der Waals surface area (Å²) in [6.07, 6.45) is 4.72. The van der Waals surface area contributed by atoms with Crippen molar-refractivity contribution < 1.29 is 4.74 Å². The van der Waals surface area contributed by atoms with Crippen LogP contribution in [0.15, 0.2) is 36.7 Å². The Bertz CT molecular complexity index is 541. The van der Waals surface area contributed by atoms with Crippen LogP contribution in [0.3, 0.4) is 0 Å². The molecule has 2 N–H and O–H groups in total. The fourth-order valence-electron chi connectivity index (χ4n) is 2.17. The Morgan fingerprint density at radius 3 is 2.74 bits per heavy atom. The average molecular weight is 371 g/mol. The van der Waals surface area contributed by atoms with Crippen LogP contribution in [-0.2, 0) is 0 Å². The molecule has 0 aliphatic rings. The van der Waals surface area contributed by atoms with Gasteiger partial charge in [-0.15, -0.1) is 0 Å². The molecule has 0 spiro atoms. The van der Waals surface area contributed by atoms with E-state index in [1.165, 1.54) is 0 Å². The van der Waals surface area contributed by atoms with E-state index >= 15 is 0 Å². The third kappa shape index (κ3) is 3.09. The highest BCUT2D eigenvalue weighted by Gasteiger charge is 2.24. The van der Waals surface area contributed by atoms with Crippen molar-refractivity contribution in [3.63, 3.8) is 0 Å². The monoisotopic (exact) mass is 371 g/mol. The first-order valence-corrected chi connectivity index (χ1v) is 7.33. The number of aromatic nitrogens is 2. The van der Waals surface area contributed by atoms with E-state index in [4.69, 9.17) is 10.5 Å². The molecule has 1 aromatic heterocycles. The van der Waals surface area contributed by atoms with Crippen molar-refractivity contribution in [2.24, 2.45) is 5.73 Å². The summed E-state index contributed by atoms with van der Waals surface area (Å²) in [5.41, 5.74) is 7.36. The smallest absolute Gasteiger partial charge is 0.124 e. The van der Waals surface area contributed by atoms with Gasteiger partial charge in [0.2, 0.25) is 0 Å². The predicted octanol–water partition coefficient (Wildman–Crippen LogP) is 2.82. The zero-order valence-corrected chi connectivity index (χ0v) is 13.2. The molecule has 2 unspecified atom stereocenters. The summed E-state index contributed by atoms with van der Waals surface area (Å²) in [5.74, 6) is 0.849. The Morgan fingerprint density at radius 1 is 1.42 bits per heavy atom. The van der Waals surface area contributed by atoms with Crippen LogP contribution in [-0.4, -0.2) is 22.9 Å². The normalized spacial score (nSPS) is 14.1. The minimum absolute atomic E-state index is 0.00741. The van der Waals surface area contributed by atoms with Gasteiger partial charge in [0.05, 0.1) is 22.9 Å². The van der Waals surface area contributed by atoms with Crippen LogP contribution in [0.25, 0.3) is 0 Å². The van der Waals surface area contributed by atoms with E-state index < -0.39 is 0 Å². The van der Waals surface area contributed by atoms with Gasteiger partial charge in [0.1, 0.15) is 5.75 Å². The van der Waals surface area contributed by atoms with Crippen LogP contribution in [0.4, 0.5) is 0 Å². The molecule has 1 heterocycles. The molecule has 0 aliphatic carbocycles. The molecule has 1 aromatic carbocycles. The maximum Gasteiger partial charge on any atom is 0.124 e. The lowest BCUT2D eigenvalue weighted by Gasteiger charge is -2.25. The van der Waals surface area contributed by atoms with Gasteiger partial charge in [-0.05, 0) is 35.1 Å². The fraction of sp³-hybridized carbons (Fsp3) is 0.357. The van der Waals surface area contributed by atoms with Gasteiger partial charge in [0, 0.05) is 17.8 Å². The lowest BCUT2D eigenvalue weighted by Crippen LogP contribution is -2.33. The van der Waals surface area contributed by atoms with E-state index in [1.807, 2.05) is 41.3 Å². The molecule has 5 heteroatoms. The van der Waals surface area contributed by atoms with Gasteiger partial charge >= 0.3 is 0 Å². The second kappa shape index (κ2) is 6.38. The molecule has 2 atom stereocenters. The first-order valence-electron chi connectivity index (χ1n) is 6.25. The highest BCUT2D eigenvalue weighted by Crippen LogP contribution is 2.30. The predicted molar refractivity (Wildman–Crippen MR) is 84.3 cm³/mol. The van der Waals surface area contributed by atoms with Gasteiger partial charge in [-0.2, -0.15) is 5.10 Å². The molecular formula is C14H18IN3O. The Balaban J connectivity index is 2.48. The molecule has 0 saturated heterocycles. The zero-order valence-electron chi connectivity index (χ0n) is 11.1. The fourth-order valence-corrected chi connectivity index (χ4v) is 2.58. The standard InChI is InChI=1S/C14H18IN3O/c1-3-12(16)14(18-9-10(15)8-17-18)11-6-4-5-7-13(11)19-2/h4-9,12,14H,3,16H2,1-2H3. The minimum atomic E-state index is -0.00957. The Hall–Kier alpha value is -1.08. The summed E-state index contributed by atoms with van der Waals surface area (Å²) in [6, 6.07) is 7.95. The van der Waals surface area contributed by atoms with Crippen molar-refractivity contribution in [1.82, 2.24) is 9.78 Å². The van der Waals surface area contributed by atoms with Gasteiger partial charge in [-0.1, -0.05) is 25.1 Å². The number of hydrogen-bond acceptors (Lipinski definition) is 3. The first-order chi connectivity index (χ1) is 9.17. The van der Waals surface area contributed by atoms with Crippen LogP contribution in [0.5, 0.6) is 5.75 Å². The number of methoxy groups -OCH3 is 1. The van der Waals surface area contributed by atoms with Crippen LogP contribution >= 0.6 is 22.6 Å². The molecule has 0 saturated carbocycles. The van der Waals surface area contributed by atoms with Gasteiger partial charge in [0.15, 0.2) is 0 Å². The summed E-state index contributed by atoms with van der Waals surface area (Å²) in [5, 5.41) is 4.41. The second-order valence-electron chi connectivity index (χ2n) is 4.40. The summed E-state index contributed by atoms with van der Waals surface area (Å²) >= 11 is 2.25. The van der Waals surface area contributed by atoms with E-state index in [1.54, 1.807) is 7.11 Å². The number of nitrogens with two attached hydrogens (primary N) is 1. The van der Waals surface area contributed by atoms with Crippen molar-refractivity contribution in [1.29, 1.82) is 0 Å². The van der Waals surface area contributed by atoms with Crippen molar-refractivity contribution >= 4 is 22.6 Å². The van der Waals surface area contributed by atoms with E-state index in [0.717, 1.165) is 21.3 Å².